The van der Waals surface area contributed by atoms with Crippen molar-refractivity contribution in [2.45, 2.75) is 18.9 Å². The normalized spacial score (nSPS) is 29.0. The van der Waals surface area contributed by atoms with Gasteiger partial charge in [0, 0.05) is 18.3 Å². The molecule has 4 nitrogen and oxygen atoms in total. The summed E-state index contributed by atoms with van der Waals surface area (Å²) in [5, 5.41) is 3.58. The first-order valence-corrected chi connectivity index (χ1v) is 6.93. The van der Waals surface area contributed by atoms with Crippen LogP contribution in [0.2, 0.25) is 0 Å². The number of carbonyl (C=O) groups excluding carboxylic acids is 1. The summed E-state index contributed by atoms with van der Waals surface area (Å²) in [5.41, 5.74) is 1.62. The minimum absolute atomic E-state index is 0.280. The zero-order valence-corrected chi connectivity index (χ0v) is 11.3. The van der Waals surface area contributed by atoms with Gasteiger partial charge in [0.25, 0.3) is 0 Å². The highest BCUT2D eigenvalue weighted by atomic mass is 16.5. The van der Waals surface area contributed by atoms with E-state index in [0.717, 1.165) is 18.2 Å². The van der Waals surface area contributed by atoms with E-state index in [1.807, 2.05) is 18.2 Å². The van der Waals surface area contributed by atoms with Gasteiger partial charge in [-0.15, -0.1) is 0 Å². The van der Waals surface area contributed by atoms with E-state index in [1.54, 1.807) is 6.07 Å². The Morgan fingerprint density at radius 2 is 2.16 bits per heavy atom. The molecular formula is C15H20N2O2. The van der Waals surface area contributed by atoms with Crippen molar-refractivity contribution in [3.8, 4) is 0 Å². The molecule has 4 heteroatoms. The Balaban J connectivity index is 1.71. The van der Waals surface area contributed by atoms with E-state index in [2.05, 4.69) is 10.2 Å². The molecule has 1 unspecified atom stereocenters. The summed E-state index contributed by atoms with van der Waals surface area (Å²) in [4.78, 5) is 14.0. The first kappa shape index (κ1) is 12.5. The van der Waals surface area contributed by atoms with Crippen molar-refractivity contribution >= 4 is 11.7 Å². The SMILES string of the molecule is COC(=O)c1cccc(NC2CN3CCC2CC3)c1. The highest BCUT2D eigenvalue weighted by molar-refractivity contribution is 5.90. The van der Waals surface area contributed by atoms with Crippen LogP contribution in [-0.2, 0) is 4.74 Å². The van der Waals surface area contributed by atoms with Gasteiger partial charge in [0.2, 0.25) is 0 Å². The van der Waals surface area contributed by atoms with Gasteiger partial charge in [0.1, 0.15) is 0 Å². The van der Waals surface area contributed by atoms with Crippen LogP contribution in [0.25, 0.3) is 0 Å². The van der Waals surface area contributed by atoms with Crippen LogP contribution >= 0.6 is 0 Å². The molecule has 0 aliphatic carbocycles. The number of piperidine rings is 3. The molecule has 4 rings (SSSR count). The van der Waals surface area contributed by atoms with E-state index in [-0.39, 0.29) is 5.97 Å². The Bertz CT molecular complexity index is 467. The lowest BCUT2D eigenvalue weighted by Crippen LogP contribution is -2.53. The van der Waals surface area contributed by atoms with Crippen molar-refractivity contribution in [2.24, 2.45) is 5.92 Å². The molecule has 0 amide bonds. The molecule has 102 valence electrons. The maximum Gasteiger partial charge on any atom is 0.337 e. The summed E-state index contributed by atoms with van der Waals surface area (Å²) in [5.74, 6) is 0.490. The summed E-state index contributed by atoms with van der Waals surface area (Å²) < 4.78 is 4.76. The maximum atomic E-state index is 11.5. The molecule has 3 aliphatic rings. The third kappa shape index (κ3) is 2.59. The summed E-state index contributed by atoms with van der Waals surface area (Å²) in [6, 6.07) is 8.09. The molecule has 0 spiro atoms. The second-order valence-corrected chi connectivity index (χ2v) is 5.46. The highest BCUT2D eigenvalue weighted by Gasteiger charge is 2.33. The Hall–Kier alpha value is -1.55. The molecule has 0 radical (unpaired) electrons. The molecule has 1 N–H and O–H groups in total. The third-order valence-corrected chi connectivity index (χ3v) is 4.29. The predicted molar refractivity (Wildman–Crippen MR) is 74.4 cm³/mol. The van der Waals surface area contributed by atoms with Gasteiger partial charge in [0.05, 0.1) is 12.7 Å². The summed E-state index contributed by atoms with van der Waals surface area (Å²) in [6.45, 7) is 3.60. The van der Waals surface area contributed by atoms with Crippen molar-refractivity contribution in [1.29, 1.82) is 0 Å². The summed E-state index contributed by atoms with van der Waals surface area (Å²) >= 11 is 0. The molecule has 3 fully saturated rings. The number of nitrogens with zero attached hydrogens (tertiary/aromatic N) is 1. The van der Waals surface area contributed by atoms with E-state index in [4.69, 9.17) is 4.74 Å². The molecule has 1 aromatic carbocycles. The van der Waals surface area contributed by atoms with Crippen molar-refractivity contribution in [2.75, 3.05) is 32.1 Å². The standard InChI is InChI=1S/C15H20N2O2/c1-19-15(18)12-3-2-4-13(9-12)16-14-10-17-7-5-11(14)6-8-17/h2-4,9,11,14,16H,5-8,10H2,1H3. The number of rotatable bonds is 3. The van der Waals surface area contributed by atoms with Crippen LogP contribution in [0.1, 0.15) is 23.2 Å². The third-order valence-electron chi connectivity index (χ3n) is 4.29. The molecule has 3 heterocycles. The van der Waals surface area contributed by atoms with E-state index in [1.165, 1.54) is 33.0 Å². The lowest BCUT2D eigenvalue weighted by molar-refractivity contribution is 0.0600. The van der Waals surface area contributed by atoms with E-state index in [9.17, 15) is 4.79 Å². The monoisotopic (exact) mass is 260 g/mol. The first-order valence-electron chi connectivity index (χ1n) is 6.93. The molecule has 0 saturated carbocycles. The lowest BCUT2D eigenvalue weighted by atomic mass is 9.84. The van der Waals surface area contributed by atoms with Crippen molar-refractivity contribution in [1.82, 2.24) is 4.90 Å². The van der Waals surface area contributed by atoms with Gasteiger partial charge in [-0.3, -0.25) is 0 Å². The fourth-order valence-electron chi connectivity index (χ4n) is 3.20. The van der Waals surface area contributed by atoms with E-state index < -0.39 is 0 Å². The van der Waals surface area contributed by atoms with Gasteiger partial charge >= 0.3 is 5.97 Å². The Kier molecular flexibility index (Phi) is 3.42. The topological polar surface area (TPSA) is 41.6 Å². The molecule has 0 aromatic heterocycles. The van der Waals surface area contributed by atoms with Gasteiger partial charge in [-0.1, -0.05) is 6.07 Å². The van der Waals surface area contributed by atoms with Crippen LogP contribution in [-0.4, -0.2) is 43.7 Å². The molecule has 1 aromatic rings. The van der Waals surface area contributed by atoms with Crippen LogP contribution < -0.4 is 5.32 Å². The van der Waals surface area contributed by atoms with Crippen molar-refractivity contribution in [3.63, 3.8) is 0 Å². The van der Waals surface area contributed by atoms with Crippen LogP contribution in [0.15, 0.2) is 24.3 Å². The van der Waals surface area contributed by atoms with Gasteiger partial charge in [-0.25, -0.2) is 4.79 Å². The smallest absolute Gasteiger partial charge is 0.337 e. The van der Waals surface area contributed by atoms with Crippen molar-refractivity contribution < 1.29 is 9.53 Å². The number of fused-ring (bicyclic) bond motifs is 3. The van der Waals surface area contributed by atoms with E-state index >= 15 is 0 Å². The number of hydrogen-bond acceptors (Lipinski definition) is 4. The summed E-state index contributed by atoms with van der Waals surface area (Å²) in [6.07, 6.45) is 2.57. The minimum Gasteiger partial charge on any atom is -0.465 e. The van der Waals surface area contributed by atoms with Crippen LogP contribution in [0.5, 0.6) is 0 Å². The summed E-state index contributed by atoms with van der Waals surface area (Å²) in [7, 11) is 1.41. The second-order valence-electron chi connectivity index (χ2n) is 5.46. The molecular weight excluding hydrogens is 240 g/mol. The van der Waals surface area contributed by atoms with Gasteiger partial charge < -0.3 is 15.0 Å². The average Bonchev–Trinajstić information content (AvgIpc) is 2.48. The number of nitrogens with one attached hydrogen (secondary N) is 1. The van der Waals surface area contributed by atoms with Crippen LogP contribution in [0, 0.1) is 5.92 Å². The highest BCUT2D eigenvalue weighted by Crippen LogP contribution is 2.29. The largest absolute Gasteiger partial charge is 0.465 e. The number of benzene rings is 1. The Morgan fingerprint density at radius 3 is 2.79 bits per heavy atom. The maximum absolute atomic E-state index is 11.5. The second kappa shape index (κ2) is 5.21. The Labute approximate surface area is 113 Å². The van der Waals surface area contributed by atoms with Crippen LogP contribution in [0.4, 0.5) is 5.69 Å². The number of ether oxygens (including phenoxy) is 1. The van der Waals surface area contributed by atoms with Crippen molar-refractivity contribution in [3.05, 3.63) is 29.8 Å². The van der Waals surface area contributed by atoms with Gasteiger partial charge in [-0.2, -0.15) is 0 Å². The number of carbonyl (C=O) groups is 1. The molecule has 1 atom stereocenters. The first-order chi connectivity index (χ1) is 9.26. The fraction of sp³-hybridized carbons (Fsp3) is 0.533. The molecule has 3 aliphatic heterocycles. The van der Waals surface area contributed by atoms with E-state index in [0.29, 0.717) is 11.6 Å². The lowest BCUT2D eigenvalue weighted by Gasteiger charge is -2.45. The fourth-order valence-corrected chi connectivity index (χ4v) is 3.20. The quantitative estimate of drug-likeness (QED) is 0.844. The minimum atomic E-state index is -0.280. The van der Waals surface area contributed by atoms with Gasteiger partial charge in [0.15, 0.2) is 0 Å². The van der Waals surface area contributed by atoms with Crippen LogP contribution in [0.3, 0.4) is 0 Å². The Morgan fingerprint density at radius 1 is 1.37 bits per heavy atom. The zero-order chi connectivity index (χ0) is 13.2. The number of methoxy groups -OCH3 is 1. The molecule has 2 bridgehead atoms. The predicted octanol–water partition coefficient (Wildman–Crippen LogP) is 1.98. The zero-order valence-electron chi connectivity index (χ0n) is 11.3. The number of hydrogen-bond donors (Lipinski definition) is 1. The van der Waals surface area contributed by atoms with Gasteiger partial charge in [-0.05, 0) is 50.0 Å². The average molecular weight is 260 g/mol. The molecule has 19 heavy (non-hydrogen) atoms. The number of anilines is 1. The number of esters is 1. The molecule has 3 saturated heterocycles.